The Labute approximate surface area is 241 Å². The molecule has 0 radical (unpaired) electrons. The summed E-state index contributed by atoms with van der Waals surface area (Å²) in [4.78, 5) is 2.42. The van der Waals surface area contributed by atoms with Gasteiger partial charge < -0.3 is 4.90 Å². The van der Waals surface area contributed by atoms with Crippen molar-refractivity contribution in [1.82, 2.24) is 0 Å². The summed E-state index contributed by atoms with van der Waals surface area (Å²) in [7, 11) is 0. The lowest BCUT2D eigenvalue weighted by molar-refractivity contribution is 0.840. The monoisotopic (exact) mass is 607 g/mol. The van der Waals surface area contributed by atoms with Crippen LogP contribution in [0.2, 0.25) is 0 Å². The van der Waals surface area contributed by atoms with E-state index in [2.05, 4.69) is 169 Å². The van der Waals surface area contributed by atoms with Gasteiger partial charge in [-0.3, -0.25) is 0 Å². The highest BCUT2D eigenvalue weighted by Crippen LogP contribution is 2.32. The summed E-state index contributed by atoms with van der Waals surface area (Å²) in [5, 5.41) is 0. The molecule has 5 rings (SSSR count). The Morgan fingerprint density at radius 3 is 2.18 bits per heavy atom. The van der Waals surface area contributed by atoms with Gasteiger partial charge in [-0.15, -0.1) is 0 Å². The summed E-state index contributed by atoms with van der Waals surface area (Å²) >= 11 is 2.38. The molecule has 0 saturated carbocycles. The molecular weight excluding hydrogens is 573 g/mol. The van der Waals surface area contributed by atoms with Gasteiger partial charge in [0.1, 0.15) is 0 Å². The molecule has 1 aliphatic carbocycles. The summed E-state index contributed by atoms with van der Waals surface area (Å²) in [5.74, 6) is 0.411. The maximum Gasteiger partial charge on any atom is 0.0481 e. The van der Waals surface area contributed by atoms with Crippen molar-refractivity contribution < 1.29 is 0 Å². The summed E-state index contributed by atoms with van der Waals surface area (Å²) in [6, 6.07) is 35.7. The van der Waals surface area contributed by atoms with E-state index in [9.17, 15) is 0 Å². The fraction of sp³-hybridized carbons (Fsp3) is 0.167. The molecule has 0 N–H and O–H groups in total. The topological polar surface area (TPSA) is 3.24 Å². The van der Waals surface area contributed by atoms with Crippen molar-refractivity contribution in [3.8, 4) is 0 Å². The van der Waals surface area contributed by atoms with Crippen LogP contribution in [0.5, 0.6) is 0 Å². The van der Waals surface area contributed by atoms with Crippen LogP contribution in [-0.4, -0.2) is 0 Å². The third-order valence-corrected chi connectivity index (χ3v) is 7.86. The van der Waals surface area contributed by atoms with E-state index in [0.29, 0.717) is 5.92 Å². The van der Waals surface area contributed by atoms with Crippen LogP contribution >= 0.6 is 22.6 Å². The molecule has 190 valence electrons. The lowest BCUT2D eigenvalue weighted by Crippen LogP contribution is -2.16. The Morgan fingerprint density at radius 2 is 1.50 bits per heavy atom. The summed E-state index contributed by atoms with van der Waals surface area (Å²) in [5.41, 5.74) is 10.3. The molecule has 1 aliphatic rings. The summed E-state index contributed by atoms with van der Waals surface area (Å²) in [6.45, 7) is 5.11. The van der Waals surface area contributed by atoms with E-state index in [-0.39, 0.29) is 0 Å². The van der Waals surface area contributed by atoms with Crippen molar-refractivity contribution in [3.63, 3.8) is 0 Å². The second kappa shape index (κ2) is 12.4. The third kappa shape index (κ3) is 6.73. The average Bonchev–Trinajstić information content (AvgIpc) is 2.95. The molecule has 1 nitrogen and oxygen atoms in total. The molecule has 0 bridgehead atoms. The molecule has 0 saturated heterocycles. The number of rotatable bonds is 8. The smallest absolute Gasteiger partial charge is 0.0481 e. The average molecular weight is 608 g/mol. The minimum Gasteiger partial charge on any atom is -0.337 e. The Kier molecular flexibility index (Phi) is 8.60. The molecule has 0 aromatic heterocycles. The standard InChI is InChI=1S/C36H34IN/c1-27-11-15-30(16-12-27)26-38(34-22-13-28(2)14-23-34)35-10-6-7-29(25-35)17-24-36(31-8-4-3-5-9-31)32-18-20-33(37)21-19-32/h3-8,10-16,18-25,31H,9,17,26H2,1-2H3. The van der Waals surface area contributed by atoms with Crippen LogP contribution in [0, 0.1) is 23.3 Å². The largest absolute Gasteiger partial charge is 0.337 e. The molecule has 4 aromatic carbocycles. The van der Waals surface area contributed by atoms with Crippen LogP contribution in [0.25, 0.3) is 5.57 Å². The first-order valence-electron chi connectivity index (χ1n) is 13.3. The zero-order chi connectivity index (χ0) is 26.3. The number of nitrogens with zero attached hydrogens (tertiary/aromatic N) is 1. The van der Waals surface area contributed by atoms with Gasteiger partial charge in [-0.2, -0.15) is 0 Å². The molecule has 1 unspecified atom stereocenters. The van der Waals surface area contributed by atoms with Crippen LogP contribution in [0.15, 0.2) is 127 Å². The zero-order valence-corrected chi connectivity index (χ0v) is 24.3. The molecule has 0 heterocycles. The predicted octanol–water partition coefficient (Wildman–Crippen LogP) is 10.0. The van der Waals surface area contributed by atoms with Gasteiger partial charge in [0.15, 0.2) is 0 Å². The van der Waals surface area contributed by atoms with Crippen molar-refractivity contribution >= 4 is 39.5 Å². The summed E-state index contributed by atoms with van der Waals surface area (Å²) in [6.07, 6.45) is 13.3. The van der Waals surface area contributed by atoms with E-state index in [1.807, 2.05) is 0 Å². The Hall–Kier alpha value is -3.37. The van der Waals surface area contributed by atoms with Gasteiger partial charge in [-0.25, -0.2) is 0 Å². The lowest BCUT2D eigenvalue weighted by Gasteiger charge is -2.26. The number of halogens is 1. The molecule has 38 heavy (non-hydrogen) atoms. The maximum absolute atomic E-state index is 2.44. The van der Waals surface area contributed by atoms with E-state index < -0.39 is 0 Å². The van der Waals surface area contributed by atoms with E-state index in [4.69, 9.17) is 0 Å². The molecule has 0 amide bonds. The molecule has 0 fully saturated rings. The van der Waals surface area contributed by atoms with E-state index in [1.54, 1.807) is 0 Å². The minimum absolute atomic E-state index is 0.411. The van der Waals surface area contributed by atoms with Crippen molar-refractivity contribution in [2.75, 3.05) is 4.90 Å². The van der Waals surface area contributed by atoms with Crippen molar-refractivity contribution in [3.05, 3.63) is 159 Å². The van der Waals surface area contributed by atoms with E-state index in [1.165, 1.54) is 48.3 Å². The molecule has 2 heteroatoms. The highest BCUT2D eigenvalue weighted by atomic mass is 127. The Bertz CT molecular complexity index is 1440. The highest BCUT2D eigenvalue weighted by molar-refractivity contribution is 14.1. The van der Waals surface area contributed by atoms with Gasteiger partial charge in [0, 0.05) is 27.4 Å². The van der Waals surface area contributed by atoms with Gasteiger partial charge in [0.25, 0.3) is 0 Å². The maximum atomic E-state index is 2.44. The molecular formula is C36H34IN. The normalized spacial score (nSPS) is 15.0. The number of hydrogen-bond acceptors (Lipinski definition) is 1. The SMILES string of the molecule is Cc1ccc(CN(c2ccc(C)cc2)c2cccc(CC=C(c3ccc(I)cc3)C3C=CC=CC3)c2)cc1. The minimum atomic E-state index is 0.411. The summed E-state index contributed by atoms with van der Waals surface area (Å²) < 4.78 is 1.27. The van der Waals surface area contributed by atoms with Crippen molar-refractivity contribution in [2.45, 2.75) is 33.2 Å². The molecule has 4 aromatic rings. The molecule has 0 aliphatic heterocycles. The fourth-order valence-electron chi connectivity index (χ4n) is 4.95. The van der Waals surface area contributed by atoms with Gasteiger partial charge in [0.2, 0.25) is 0 Å². The van der Waals surface area contributed by atoms with Gasteiger partial charge in [-0.05, 0) is 108 Å². The number of anilines is 2. The van der Waals surface area contributed by atoms with Crippen molar-refractivity contribution in [2.24, 2.45) is 5.92 Å². The van der Waals surface area contributed by atoms with Crippen molar-refractivity contribution in [1.29, 1.82) is 0 Å². The first kappa shape index (κ1) is 26.2. The van der Waals surface area contributed by atoms with Crippen LogP contribution in [0.3, 0.4) is 0 Å². The number of benzene rings is 4. The van der Waals surface area contributed by atoms with Gasteiger partial charge >= 0.3 is 0 Å². The number of allylic oxidation sites excluding steroid dienone is 6. The number of hydrogen-bond donors (Lipinski definition) is 0. The molecule has 1 atom stereocenters. The van der Waals surface area contributed by atoms with Crippen LogP contribution < -0.4 is 4.90 Å². The lowest BCUT2D eigenvalue weighted by atomic mass is 9.86. The second-order valence-electron chi connectivity index (χ2n) is 10.1. The second-order valence-corrected chi connectivity index (χ2v) is 11.3. The van der Waals surface area contributed by atoms with Crippen LogP contribution in [0.1, 0.15) is 34.2 Å². The Morgan fingerprint density at radius 1 is 0.789 bits per heavy atom. The fourth-order valence-corrected chi connectivity index (χ4v) is 5.31. The van der Waals surface area contributed by atoms with E-state index in [0.717, 1.165) is 19.4 Å². The Balaban J connectivity index is 1.46. The highest BCUT2D eigenvalue weighted by Gasteiger charge is 2.15. The van der Waals surface area contributed by atoms with Crippen LogP contribution in [0.4, 0.5) is 11.4 Å². The number of aryl methyl sites for hydroxylation is 2. The quantitative estimate of drug-likeness (QED) is 0.180. The third-order valence-electron chi connectivity index (χ3n) is 7.14. The van der Waals surface area contributed by atoms with Gasteiger partial charge in [0.05, 0.1) is 0 Å². The zero-order valence-electron chi connectivity index (χ0n) is 22.1. The van der Waals surface area contributed by atoms with E-state index >= 15 is 0 Å². The van der Waals surface area contributed by atoms with Crippen LogP contribution in [-0.2, 0) is 13.0 Å². The molecule has 0 spiro atoms. The first-order valence-corrected chi connectivity index (χ1v) is 14.4. The first-order chi connectivity index (χ1) is 18.5. The predicted molar refractivity (Wildman–Crippen MR) is 172 cm³/mol. The van der Waals surface area contributed by atoms with Gasteiger partial charge in [-0.1, -0.05) is 102 Å².